The monoisotopic (exact) mass is 756 g/mol. The van der Waals surface area contributed by atoms with Crippen molar-refractivity contribution in [2.45, 2.75) is 0 Å². The maximum absolute atomic E-state index is 12.9. The number of nitrogens with one attached hydrogen (secondary N) is 4. The molecule has 10 N–H and O–H groups in total. The number of hydrogen-bond acceptors (Lipinski definition) is 14. The van der Waals surface area contributed by atoms with Gasteiger partial charge in [0.05, 0.1) is 46.6 Å². The summed E-state index contributed by atoms with van der Waals surface area (Å²) in [5.41, 5.74) is 1.02. The summed E-state index contributed by atoms with van der Waals surface area (Å²) in [6.07, 6.45) is 0. The van der Waals surface area contributed by atoms with Crippen LogP contribution in [0.15, 0.2) is 60.7 Å². The molecule has 0 amide bonds. The Labute approximate surface area is 310 Å². The van der Waals surface area contributed by atoms with Crippen molar-refractivity contribution in [3.8, 4) is 23.0 Å². The lowest BCUT2D eigenvalue weighted by Gasteiger charge is -2.22. The number of carbonyl (C=O) groups excluding carboxylic acids is 4. The zero-order valence-corrected chi connectivity index (χ0v) is 29.2. The Balaban J connectivity index is 0.000000270. The van der Waals surface area contributed by atoms with Crippen molar-refractivity contribution < 1.29 is 49.8 Å². The highest BCUT2D eigenvalue weighted by atomic mass is 35.5. The summed E-state index contributed by atoms with van der Waals surface area (Å²) in [6, 6.07) is 14.5. The van der Waals surface area contributed by atoms with Gasteiger partial charge in [-0.05, 0) is 36.4 Å². The van der Waals surface area contributed by atoms with Crippen LogP contribution in [0, 0.1) is 0 Å². The molecule has 0 atom stereocenters. The minimum Gasteiger partial charge on any atom is -0.507 e. The number of hydrogen-bond donors (Lipinski definition) is 10. The molecule has 52 heavy (non-hydrogen) atoms. The molecule has 6 rings (SSSR count). The lowest BCUT2D eigenvalue weighted by Crippen LogP contribution is -2.27. The van der Waals surface area contributed by atoms with Crippen molar-refractivity contribution in [3.05, 3.63) is 105 Å². The van der Waals surface area contributed by atoms with Crippen molar-refractivity contribution in [2.24, 2.45) is 0 Å². The van der Waals surface area contributed by atoms with Gasteiger partial charge in [-0.1, -0.05) is 24.3 Å². The molecule has 4 aromatic carbocycles. The van der Waals surface area contributed by atoms with Crippen LogP contribution in [0.4, 0.5) is 11.4 Å². The van der Waals surface area contributed by atoms with Gasteiger partial charge in [-0.25, -0.2) is 0 Å². The lowest BCUT2D eigenvalue weighted by atomic mass is 9.82. The number of halogens is 2. The molecule has 2 aliphatic carbocycles. The molecule has 276 valence electrons. The number of rotatable bonds is 12. The molecule has 0 heterocycles. The fraction of sp³-hybridized carbons (Fsp3) is 0.222. The predicted octanol–water partition coefficient (Wildman–Crippen LogP) is 2.58. The van der Waals surface area contributed by atoms with Crippen LogP contribution in [0.3, 0.4) is 0 Å². The first-order valence-electron chi connectivity index (χ1n) is 15.8. The number of aromatic hydroxyl groups is 4. The molecule has 0 bridgehead atoms. The van der Waals surface area contributed by atoms with Gasteiger partial charge in [0, 0.05) is 61.8 Å². The predicted molar refractivity (Wildman–Crippen MR) is 198 cm³/mol. The zero-order chi connectivity index (χ0) is 35.9. The summed E-state index contributed by atoms with van der Waals surface area (Å²) in [5, 5.41) is 69.6. The van der Waals surface area contributed by atoms with E-state index in [-0.39, 0.29) is 106 Å². The number of benzene rings is 4. The zero-order valence-electron chi connectivity index (χ0n) is 27.6. The lowest BCUT2D eigenvalue weighted by molar-refractivity contribution is 0.0974. The second kappa shape index (κ2) is 18.3. The van der Waals surface area contributed by atoms with E-state index in [1.54, 1.807) is 24.3 Å². The Bertz CT molecular complexity index is 1850. The molecule has 14 nitrogen and oxygen atoms in total. The van der Waals surface area contributed by atoms with Crippen LogP contribution in [-0.4, -0.2) is 106 Å². The Hall–Kier alpha value is -5.22. The molecule has 0 aliphatic heterocycles. The van der Waals surface area contributed by atoms with Gasteiger partial charge < -0.3 is 51.9 Å². The molecule has 0 radical (unpaired) electrons. The second-order valence-corrected chi connectivity index (χ2v) is 11.3. The maximum Gasteiger partial charge on any atom is 0.200 e. The van der Waals surface area contributed by atoms with E-state index in [1.165, 1.54) is 36.4 Å². The number of ketones is 4. The number of fused-ring (bicyclic) bond motifs is 4. The molecule has 0 saturated carbocycles. The van der Waals surface area contributed by atoms with Gasteiger partial charge in [0.2, 0.25) is 0 Å². The first-order valence-corrected chi connectivity index (χ1v) is 15.8. The van der Waals surface area contributed by atoms with Crippen LogP contribution < -0.4 is 21.3 Å². The van der Waals surface area contributed by atoms with Gasteiger partial charge in [0.15, 0.2) is 23.1 Å². The quantitative estimate of drug-likeness (QED) is 0.0638. The number of carbonyl (C=O) groups is 4. The van der Waals surface area contributed by atoms with Gasteiger partial charge >= 0.3 is 0 Å². The van der Waals surface area contributed by atoms with Crippen LogP contribution in [0.5, 0.6) is 23.0 Å². The molecular weight excluding hydrogens is 719 g/mol. The highest BCUT2D eigenvalue weighted by Gasteiger charge is 2.37. The summed E-state index contributed by atoms with van der Waals surface area (Å²) in [6.45, 7) is 3.09. The first kappa shape index (κ1) is 41.2. The number of aliphatic hydroxyl groups excluding tert-OH is 2. The fourth-order valence-electron chi connectivity index (χ4n) is 5.85. The summed E-state index contributed by atoms with van der Waals surface area (Å²) in [4.78, 5) is 51.1. The molecule has 0 unspecified atom stereocenters. The SMILES string of the molecule is Cl.Cl.O=C1c2cccc(NCCNCCO)c2C(=O)c2c(O)ccc(O)c21.O=C1c2cccc(NCCNCCO)c2C(=O)c2c(O)ccc(O)c21. The molecule has 0 saturated heterocycles. The van der Waals surface area contributed by atoms with Crippen LogP contribution in [0.25, 0.3) is 0 Å². The third-order valence-corrected chi connectivity index (χ3v) is 8.11. The Morgan fingerprint density at radius 2 is 0.731 bits per heavy atom. The molecule has 0 aromatic heterocycles. The molecule has 0 spiro atoms. The molecule has 16 heteroatoms. The van der Waals surface area contributed by atoms with Crippen LogP contribution in [0.2, 0.25) is 0 Å². The summed E-state index contributed by atoms with van der Waals surface area (Å²) in [7, 11) is 0. The van der Waals surface area contributed by atoms with Crippen molar-refractivity contribution >= 4 is 59.3 Å². The van der Waals surface area contributed by atoms with E-state index in [9.17, 15) is 39.6 Å². The van der Waals surface area contributed by atoms with Crippen LogP contribution >= 0.6 is 24.8 Å². The number of anilines is 2. The third-order valence-electron chi connectivity index (χ3n) is 8.11. The smallest absolute Gasteiger partial charge is 0.200 e. The third kappa shape index (κ3) is 8.12. The van der Waals surface area contributed by atoms with E-state index in [0.717, 1.165) is 0 Å². The Kier molecular flexibility index (Phi) is 14.5. The van der Waals surface area contributed by atoms with E-state index >= 15 is 0 Å². The van der Waals surface area contributed by atoms with Crippen LogP contribution in [0.1, 0.15) is 63.7 Å². The molecular formula is C36H38Cl2N4O10. The minimum absolute atomic E-state index is 0. The number of phenols is 4. The van der Waals surface area contributed by atoms with Gasteiger partial charge in [0.1, 0.15) is 23.0 Å². The largest absolute Gasteiger partial charge is 0.507 e. The van der Waals surface area contributed by atoms with Crippen LogP contribution in [-0.2, 0) is 0 Å². The molecule has 0 fully saturated rings. The average molecular weight is 758 g/mol. The van der Waals surface area contributed by atoms with Crippen molar-refractivity contribution in [1.29, 1.82) is 0 Å². The van der Waals surface area contributed by atoms with E-state index in [2.05, 4.69) is 21.3 Å². The van der Waals surface area contributed by atoms with E-state index in [0.29, 0.717) is 50.6 Å². The molecule has 4 aromatic rings. The van der Waals surface area contributed by atoms with E-state index in [4.69, 9.17) is 10.2 Å². The van der Waals surface area contributed by atoms with Crippen molar-refractivity contribution in [3.63, 3.8) is 0 Å². The van der Waals surface area contributed by atoms with Gasteiger partial charge in [-0.2, -0.15) is 0 Å². The summed E-state index contributed by atoms with van der Waals surface area (Å²) >= 11 is 0. The Morgan fingerprint density at radius 1 is 0.404 bits per heavy atom. The molecule has 2 aliphatic rings. The fourth-order valence-corrected chi connectivity index (χ4v) is 5.85. The minimum atomic E-state index is -0.510. The van der Waals surface area contributed by atoms with E-state index in [1.807, 2.05) is 0 Å². The van der Waals surface area contributed by atoms with Gasteiger partial charge in [-0.15, -0.1) is 24.8 Å². The highest BCUT2D eigenvalue weighted by Crippen LogP contribution is 2.41. The van der Waals surface area contributed by atoms with Gasteiger partial charge in [-0.3, -0.25) is 19.2 Å². The van der Waals surface area contributed by atoms with E-state index < -0.39 is 23.1 Å². The Morgan fingerprint density at radius 3 is 1.06 bits per heavy atom. The highest BCUT2D eigenvalue weighted by molar-refractivity contribution is 6.32. The topological polar surface area (TPSA) is 238 Å². The van der Waals surface area contributed by atoms with Crippen molar-refractivity contribution in [1.82, 2.24) is 10.6 Å². The second-order valence-electron chi connectivity index (χ2n) is 11.3. The van der Waals surface area contributed by atoms with Crippen molar-refractivity contribution in [2.75, 3.05) is 63.1 Å². The normalized spacial score (nSPS) is 12.2. The number of phenolic OH excluding ortho intramolecular Hbond substituents is 4. The van der Waals surface area contributed by atoms with Gasteiger partial charge in [0.25, 0.3) is 0 Å². The summed E-state index contributed by atoms with van der Waals surface area (Å²) < 4.78 is 0. The standard InChI is InChI=1S/2C18H18N2O5.2ClH/c2*21-9-8-19-6-7-20-11-3-1-2-10-14(11)18(25)16-13(23)5-4-12(22)15(16)17(10)24;;/h2*1-5,19-23H,6-9H2;2*1H. The first-order chi connectivity index (χ1) is 24.1. The number of aliphatic hydroxyl groups is 2. The summed E-state index contributed by atoms with van der Waals surface area (Å²) in [5.74, 6) is -3.35. The maximum atomic E-state index is 12.9. The average Bonchev–Trinajstić information content (AvgIpc) is 3.11.